The Labute approximate surface area is 181 Å². The van der Waals surface area contributed by atoms with Gasteiger partial charge in [-0.25, -0.2) is 0 Å². The number of hydrogen-bond acceptors (Lipinski definition) is 4. The summed E-state index contributed by atoms with van der Waals surface area (Å²) in [6.45, 7) is 9.01. The molecular formula is C24H38N4O2. The van der Waals surface area contributed by atoms with Crippen molar-refractivity contribution in [2.75, 3.05) is 32.7 Å². The van der Waals surface area contributed by atoms with E-state index in [4.69, 9.17) is 0 Å². The van der Waals surface area contributed by atoms with Crippen LogP contribution < -0.4 is 5.32 Å². The van der Waals surface area contributed by atoms with E-state index in [1.165, 1.54) is 38.8 Å². The molecule has 1 aromatic rings. The van der Waals surface area contributed by atoms with Crippen molar-refractivity contribution in [3.8, 4) is 0 Å². The van der Waals surface area contributed by atoms with E-state index in [1.807, 2.05) is 17.0 Å². The molecule has 0 unspecified atom stereocenters. The van der Waals surface area contributed by atoms with Gasteiger partial charge in [-0.3, -0.25) is 14.6 Å². The number of piperidine rings is 1. The number of likely N-dealkylation sites (tertiary alicyclic amines) is 2. The van der Waals surface area contributed by atoms with Gasteiger partial charge >= 0.3 is 0 Å². The fourth-order valence-corrected chi connectivity index (χ4v) is 4.80. The van der Waals surface area contributed by atoms with Crippen LogP contribution in [0.25, 0.3) is 0 Å². The molecule has 2 fully saturated rings. The molecule has 0 bridgehead atoms. The number of carbonyl (C=O) groups excluding carboxylic acids is 2. The van der Waals surface area contributed by atoms with Crippen molar-refractivity contribution in [2.45, 2.75) is 64.8 Å². The van der Waals surface area contributed by atoms with Crippen LogP contribution in [0, 0.1) is 11.8 Å². The molecule has 166 valence electrons. The monoisotopic (exact) mass is 414 g/mol. The molecule has 1 N–H and O–H groups in total. The zero-order valence-corrected chi connectivity index (χ0v) is 18.7. The smallest absolute Gasteiger partial charge is 0.225 e. The second kappa shape index (κ2) is 11.4. The lowest BCUT2D eigenvalue weighted by atomic mass is 9.83. The average Bonchev–Trinajstić information content (AvgIpc) is 3.01. The van der Waals surface area contributed by atoms with E-state index in [0.29, 0.717) is 31.8 Å². The third-order valence-electron chi connectivity index (χ3n) is 6.28. The third kappa shape index (κ3) is 6.27. The van der Waals surface area contributed by atoms with Gasteiger partial charge in [0.05, 0.1) is 12.0 Å². The van der Waals surface area contributed by atoms with Crippen LogP contribution in [-0.2, 0) is 9.59 Å². The van der Waals surface area contributed by atoms with Crippen molar-refractivity contribution in [1.29, 1.82) is 0 Å². The predicted octanol–water partition coefficient (Wildman–Crippen LogP) is 3.40. The molecular weight excluding hydrogens is 376 g/mol. The molecule has 2 saturated heterocycles. The van der Waals surface area contributed by atoms with Crippen molar-refractivity contribution in [3.63, 3.8) is 0 Å². The summed E-state index contributed by atoms with van der Waals surface area (Å²) in [4.78, 5) is 34.5. The summed E-state index contributed by atoms with van der Waals surface area (Å²) < 4.78 is 0. The summed E-state index contributed by atoms with van der Waals surface area (Å²) in [6.07, 6.45) is 10.8. The Balaban J connectivity index is 1.61. The van der Waals surface area contributed by atoms with Gasteiger partial charge in [0, 0.05) is 31.9 Å². The minimum absolute atomic E-state index is 0.0703. The quantitative estimate of drug-likeness (QED) is 0.662. The molecule has 3 heterocycles. The van der Waals surface area contributed by atoms with Crippen LogP contribution >= 0.6 is 0 Å². The molecule has 0 aliphatic carbocycles. The van der Waals surface area contributed by atoms with Gasteiger partial charge in [-0.05, 0) is 62.9 Å². The lowest BCUT2D eigenvalue weighted by molar-refractivity contribution is -0.144. The maximum Gasteiger partial charge on any atom is 0.225 e. The second-order valence-electron chi connectivity index (χ2n) is 9.22. The van der Waals surface area contributed by atoms with E-state index in [9.17, 15) is 9.59 Å². The Kier molecular flexibility index (Phi) is 8.67. The number of carbonyl (C=O) groups is 2. The summed E-state index contributed by atoms with van der Waals surface area (Å²) in [5.41, 5.74) is 0.955. The Morgan fingerprint density at radius 1 is 1.23 bits per heavy atom. The molecule has 0 saturated carbocycles. The largest absolute Gasteiger partial charge is 0.356 e. The highest BCUT2D eigenvalue weighted by atomic mass is 16.2. The molecule has 1 aromatic heterocycles. The van der Waals surface area contributed by atoms with E-state index in [0.717, 1.165) is 18.5 Å². The molecule has 2 aliphatic heterocycles. The van der Waals surface area contributed by atoms with E-state index >= 15 is 0 Å². The van der Waals surface area contributed by atoms with Crippen LogP contribution in [0.2, 0.25) is 0 Å². The Morgan fingerprint density at radius 2 is 2.00 bits per heavy atom. The van der Waals surface area contributed by atoms with Gasteiger partial charge < -0.3 is 15.1 Å². The van der Waals surface area contributed by atoms with Crippen molar-refractivity contribution in [3.05, 3.63) is 30.1 Å². The minimum atomic E-state index is -0.229. The summed E-state index contributed by atoms with van der Waals surface area (Å²) in [5, 5.41) is 3.17. The Hall–Kier alpha value is -1.95. The van der Waals surface area contributed by atoms with Crippen molar-refractivity contribution in [2.24, 2.45) is 11.8 Å². The SMILES string of the molecule is CC(C)CN1C(=O)CC[C@@H](C(=O)NCCCN2CCCCCC2)[C@@H]1c1cccnc1. The lowest BCUT2D eigenvalue weighted by Gasteiger charge is -2.41. The number of amides is 2. The molecule has 2 amide bonds. The van der Waals surface area contributed by atoms with Gasteiger partial charge in [-0.15, -0.1) is 0 Å². The second-order valence-corrected chi connectivity index (χ2v) is 9.22. The van der Waals surface area contributed by atoms with Crippen molar-refractivity contribution >= 4 is 11.8 Å². The van der Waals surface area contributed by atoms with Crippen LogP contribution in [0.5, 0.6) is 0 Å². The number of nitrogens with zero attached hydrogens (tertiary/aromatic N) is 3. The standard InChI is InChI=1S/C24H38N4O2/c1-19(2)18-28-22(29)11-10-21(23(28)20-9-7-12-25-17-20)24(30)26-13-8-16-27-14-5-3-4-6-15-27/h7,9,12,17,19,21,23H,3-6,8,10-11,13-16,18H2,1-2H3,(H,26,30)/t21-,23+/m1/s1. The number of hydrogen-bond donors (Lipinski definition) is 1. The normalized spacial score (nSPS) is 23.4. The Morgan fingerprint density at radius 3 is 2.67 bits per heavy atom. The van der Waals surface area contributed by atoms with Crippen LogP contribution in [-0.4, -0.2) is 59.3 Å². The first-order valence-corrected chi connectivity index (χ1v) is 11.8. The zero-order chi connectivity index (χ0) is 21.3. The fourth-order valence-electron chi connectivity index (χ4n) is 4.80. The van der Waals surface area contributed by atoms with Crippen molar-refractivity contribution in [1.82, 2.24) is 20.1 Å². The van der Waals surface area contributed by atoms with Crippen LogP contribution in [0.3, 0.4) is 0 Å². The van der Waals surface area contributed by atoms with Gasteiger partial charge in [-0.1, -0.05) is 32.8 Å². The minimum Gasteiger partial charge on any atom is -0.356 e. The molecule has 2 aliphatic rings. The van der Waals surface area contributed by atoms with Gasteiger partial charge in [-0.2, -0.15) is 0 Å². The molecule has 6 nitrogen and oxygen atoms in total. The topological polar surface area (TPSA) is 65.5 Å². The van der Waals surface area contributed by atoms with Gasteiger partial charge in [0.2, 0.25) is 11.8 Å². The van der Waals surface area contributed by atoms with Crippen molar-refractivity contribution < 1.29 is 9.59 Å². The first-order valence-electron chi connectivity index (χ1n) is 11.8. The third-order valence-corrected chi connectivity index (χ3v) is 6.28. The highest BCUT2D eigenvalue weighted by molar-refractivity contribution is 5.85. The average molecular weight is 415 g/mol. The lowest BCUT2D eigenvalue weighted by Crippen LogP contribution is -2.49. The van der Waals surface area contributed by atoms with Gasteiger partial charge in [0.1, 0.15) is 0 Å². The van der Waals surface area contributed by atoms with E-state index < -0.39 is 0 Å². The van der Waals surface area contributed by atoms with Crippen LogP contribution in [0.4, 0.5) is 0 Å². The first-order chi connectivity index (χ1) is 14.6. The molecule has 0 aromatic carbocycles. The molecule has 6 heteroatoms. The molecule has 2 atom stereocenters. The van der Waals surface area contributed by atoms with E-state index in [2.05, 4.69) is 29.0 Å². The predicted molar refractivity (Wildman–Crippen MR) is 119 cm³/mol. The number of rotatable bonds is 8. The van der Waals surface area contributed by atoms with Crippen LogP contribution in [0.15, 0.2) is 24.5 Å². The molecule has 0 spiro atoms. The summed E-state index contributed by atoms with van der Waals surface area (Å²) >= 11 is 0. The first kappa shape index (κ1) is 22.7. The summed E-state index contributed by atoms with van der Waals surface area (Å²) in [6, 6.07) is 3.65. The highest BCUT2D eigenvalue weighted by Crippen LogP contribution is 2.37. The Bertz CT molecular complexity index is 671. The van der Waals surface area contributed by atoms with Gasteiger partial charge in [0.25, 0.3) is 0 Å². The number of nitrogens with one attached hydrogen (secondary N) is 1. The van der Waals surface area contributed by atoms with E-state index in [1.54, 1.807) is 12.4 Å². The molecule has 0 radical (unpaired) electrons. The summed E-state index contributed by atoms with van der Waals surface area (Å²) in [5.74, 6) is 0.344. The zero-order valence-electron chi connectivity index (χ0n) is 18.7. The maximum absolute atomic E-state index is 13.1. The molecule has 30 heavy (non-hydrogen) atoms. The maximum atomic E-state index is 13.1. The summed E-state index contributed by atoms with van der Waals surface area (Å²) in [7, 11) is 0. The molecule has 3 rings (SSSR count). The van der Waals surface area contributed by atoms with Crippen LogP contribution in [0.1, 0.15) is 70.4 Å². The van der Waals surface area contributed by atoms with Gasteiger partial charge in [0.15, 0.2) is 0 Å². The fraction of sp³-hybridized carbons (Fsp3) is 0.708. The number of aromatic nitrogens is 1. The van der Waals surface area contributed by atoms with E-state index in [-0.39, 0.29) is 23.8 Å². The number of pyridine rings is 1. The highest BCUT2D eigenvalue weighted by Gasteiger charge is 2.40.